The predicted molar refractivity (Wildman–Crippen MR) is 168 cm³/mol. The molecular formula is C31H28N10O4. The molecule has 14 heteroatoms. The Morgan fingerprint density at radius 2 is 1.31 bits per heavy atom. The van der Waals surface area contributed by atoms with Gasteiger partial charge in [-0.25, -0.2) is 9.97 Å². The Labute approximate surface area is 255 Å². The quantitative estimate of drug-likeness (QED) is 0.129. The van der Waals surface area contributed by atoms with E-state index in [0.717, 1.165) is 11.1 Å². The first-order valence-corrected chi connectivity index (χ1v) is 13.8. The summed E-state index contributed by atoms with van der Waals surface area (Å²) in [6, 6.07) is 14.9. The second-order valence-corrected chi connectivity index (χ2v) is 10.2. The summed E-state index contributed by atoms with van der Waals surface area (Å²) in [5.41, 5.74) is 15.4. The number of primary amides is 2. The van der Waals surface area contributed by atoms with E-state index in [1.807, 2.05) is 23.6 Å². The van der Waals surface area contributed by atoms with Gasteiger partial charge in [0.2, 0.25) is 23.7 Å². The van der Waals surface area contributed by atoms with Gasteiger partial charge in [-0.15, -0.1) is 0 Å². The number of nitrogens with two attached hydrogens (primary N) is 2. The summed E-state index contributed by atoms with van der Waals surface area (Å²) < 4.78 is 3.62. The lowest BCUT2D eigenvalue weighted by atomic mass is 10.1. The Bertz CT molecular complexity index is 2120. The third-order valence-electron chi connectivity index (χ3n) is 7.23. The number of carbonyl (C=O) groups excluding carboxylic acids is 4. The number of H-pyrrole nitrogens is 2. The number of aryl methyl sites for hydroxylation is 1. The summed E-state index contributed by atoms with van der Waals surface area (Å²) in [6.45, 7) is 2.44. The van der Waals surface area contributed by atoms with Gasteiger partial charge < -0.3 is 30.6 Å². The van der Waals surface area contributed by atoms with Crippen LogP contribution < -0.4 is 22.1 Å². The molecule has 0 fully saturated rings. The minimum atomic E-state index is -0.590. The number of imidazole rings is 2. The number of nitrogens with one attached hydrogen (secondary N) is 4. The monoisotopic (exact) mass is 604 g/mol. The van der Waals surface area contributed by atoms with Gasteiger partial charge in [-0.1, -0.05) is 12.2 Å². The number of amides is 4. The molecule has 0 bridgehead atoms. The van der Waals surface area contributed by atoms with E-state index in [4.69, 9.17) is 11.5 Å². The molecule has 0 atom stereocenters. The molecule has 226 valence electrons. The number of carbonyl (C=O) groups is 4. The van der Waals surface area contributed by atoms with Crippen molar-refractivity contribution in [2.75, 3.05) is 10.6 Å². The first-order chi connectivity index (χ1) is 21.7. The van der Waals surface area contributed by atoms with Crippen LogP contribution in [0.15, 0.2) is 79.1 Å². The maximum atomic E-state index is 12.9. The van der Waals surface area contributed by atoms with Gasteiger partial charge in [-0.05, 0) is 67.1 Å². The molecule has 6 rings (SSSR count). The van der Waals surface area contributed by atoms with E-state index in [1.165, 1.54) is 0 Å². The van der Waals surface area contributed by atoms with Gasteiger partial charge in [0.05, 0.1) is 22.1 Å². The summed E-state index contributed by atoms with van der Waals surface area (Å²) in [6.07, 6.45) is 7.05. The number of nitrogens with zero attached hydrogens (tertiary/aromatic N) is 4. The van der Waals surface area contributed by atoms with Crippen LogP contribution in [0.25, 0.3) is 22.1 Å². The van der Waals surface area contributed by atoms with Gasteiger partial charge >= 0.3 is 0 Å². The molecule has 0 aliphatic rings. The SMILES string of the molecule is Cc1cc(C(N)=O)cc2nc(NC(=O)c3ccc[nH]3)n(CC=CCn3c(NC(=O)c4ccc[nH]4)nc4cc(C(N)=O)ccc43)c12. The summed E-state index contributed by atoms with van der Waals surface area (Å²) in [7, 11) is 0. The molecule has 14 nitrogen and oxygen atoms in total. The van der Waals surface area contributed by atoms with Crippen LogP contribution >= 0.6 is 0 Å². The fourth-order valence-electron chi connectivity index (χ4n) is 5.10. The van der Waals surface area contributed by atoms with E-state index in [1.54, 1.807) is 71.6 Å². The number of hydrogen-bond donors (Lipinski definition) is 6. The van der Waals surface area contributed by atoms with Crippen molar-refractivity contribution in [3.05, 3.63) is 107 Å². The number of allylic oxidation sites excluding steroid dienone is 2. The Balaban J connectivity index is 1.32. The van der Waals surface area contributed by atoms with E-state index in [0.29, 0.717) is 52.2 Å². The summed E-state index contributed by atoms with van der Waals surface area (Å²) in [5.74, 6) is -1.37. The van der Waals surface area contributed by atoms with Gasteiger partial charge in [0, 0.05) is 36.6 Å². The lowest BCUT2D eigenvalue weighted by Gasteiger charge is -2.10. The molecule has 4 amide bonds. The van der Waals surface area contributed by atoms with Crippen LogP contribution in [0.4, 0.5) is 11.9 Å². The zero-order valence-corrected chi connectivity index (χ0v) is 24.0. The van der Waals surface area contributed by atoms with Crippen molar-refractivity contribution in [1.29, 1.82) is 0 Å². The van der Waals surface area contributed by atoms with Crippen LogP contribution in [0.5, 0.6) is 0 Å². The molecule has 8 N–H and O–H groups in total. The number of rotatable bonds is 10. The van der Waals surface area contributed by atoms with Crippen LogP contribution in [0.2, 0.25) is 0 Å². The van der Waals surface area contributed by atoms with Crippen molar-refractivity contribution in [2.45, 2.75) is 20.0 Å². The van der Waals surface area contributed by atoms with Crippen LogP contribution in [0, 0.1) is 6.92 Å². The standard InChI is InChI=1S/C31H28N10O4/c1-17-14-19(27(33)43)16-23-25(17)41(31(37-23)39-29(45)21-7-5-11-35-21)13-3-2-12-40-24-9-8-18(26(32)42)15-22(24)36-30(40)38-28(44)20-6-4-10-34-20/h2-11,14-16,34-35H,12-13H2,1H3,(H2,32,42)(H2,33,43)(H,36,38,44)(H,37,39,45). The Kier molecular flexibility index (Phi) is 7.44. The predicted octanol–water partition coefficient (Wildman–Crippen LogP) is 3.31. The van der Waals surface area contributed by atoms with E-state index in [2.05, 4.69) is 30.6 Å². The van der Waals surface area contributed by atoms with Crippen molar-refractivity contribution < 1.29 is 19.2 Å². The fraction of sp³-hybridized carbons (Fsp3) is 0.0968. The lowest BCUT2D eigenvalue weighted by Crippen LogP contribution is -2.16. The van der Waals surface area contributed by atoms with Crippen LogP contribution in [-0.2, 0) is 13.1 Å². The van der Waals surface area contributed by atoms with Gasteiger partial charge in [-0.3, -0.25) is 29.8 Å². The Morgan fingerprint density at radius 3 is 1.89 bits per heavy atom. The van der Waals surface area contributed by atoms with Crippen molar-refractivity contribution >= 4 is 57.6 Å². The molecular weight excluding hydrogens is 576 g/mol. The summed E-state index contributed by atoms with van der Waals surface area (Å²) in [5, 5.41) is 5.67. The highest BCUT2D eigenvalue weighted by Gasteiger charge is 2.19. The number of aromatic nitrogens is 6. The summed E-state index contributed by atoms with van der Waals surface area (Å²) in [4.78, 5) is 64.3. The molecule has 0 spiro atoms. The second kappa shape index (κ2) is 11.7. The number of hydrogen-bond acceptors (Lipinski definition) is 6. The zero-order valence-electron chi connectivity index (χ0n) is 24.0. The van der Waals surface area contributed by atoms with E-state index in [-0.39, 0.29) is 23.7 Å². The van der Waals surface area contributed by atoms with Crippen molar-refractivity contribution in [1.82, 2.24) is 29.1 Å². The number of aromatic amines is 2. The van der Waals surface area contributed by atoms with Crippen LogP contribution in [-0.4, -0.2) is 52.7 Å². The lowest BCUT2D eigenvalue weighted by molar-refractivity contribution is 0.0992. The van der Waals surface area contributed by atoms with Crippen molar-refractivity contribution in [2.24, 2.45) is 11.5 Å². The third kappa shape index (κ3) is 5.67. The fourth-order valence-corrected chi connectivity index (χ4v) is 5.10. The van der Waals surface area contributed by atoms with E-state index >= 15 is 0 Å². The molecule has 2 aromatic carbocycles. The Hall–Kier alpha value is -6.44. The molecule has 0 saturated carbocycles. The number of fused-ring (bicyclic) bond motifs is 2. The normalized spacial score (nSPS) is 11.4. The van der Waals surface area contributed by atoms with Gasteiger partial charge in [-0.2, -0.15) is 0 Å². The van der Waals surface area contributed by atoms with Gasteiger partial charge in [0.25, 0.3) is 11.8 Å². The molecule has 6 aromatic rings. The first-order valence-electron chi connectivity index (χ1n) is 13.8. The molecule has 0 aliphatic carbocycles. The molecule has 4 heterocycles. The highest BCUT2D eigenvalue weighted by Crippen LogP contribution is 2.26. The molecule has 0 unspecified atom stereocenters. The molecule has 45 heavy (non-hydrogen) atoms. The maximum Gasteiger partial charge on any atom is 0.274 e. The first kappa shape index (κ1) is 28.7. The largest absolute Gasteiger partial charge is 0.366 e. The minimum absolute atomic E-state index is 0.276. The van der Waals surface area contributed by atoms with E-state index in [9.17, 15) is 19.2 Å². The van der Waals surface area contributed by atoms with Crippen molar-refractivity contribution in [3.8, 4) is 0 Å². The van der Waals surface area contributed by atoms with E-state index < -0.39 is 11.8 Å². The molecule has 4 aromatic heterocycles. The third-order valence-corrected chi connectivity index (χ3v) is 7.23. The topological polar surface area (TPSA) is 212 Å². The second-order valence-electron chi connectivity index (χ2n) is 10.2. The van der Waals surface area contributed by atoms with Gasteiger partial charge in [0.1, 0.15) is 11.4 Å². The molecule has 0 aliphatic heterocycles. The molecule has 0 radical (unpaired) electrons. The van der Waals surface area contributed by atoms with Gasteiger partial charge in [0.15, 0.2) is 0 Å². The Morgan fingerprint density at radius 1 is 0.756 bits per heavy atom. The average molecular weight is 605 g/mol. The number of anilines is 2. The highest BCUT2D eigenvalue weighted by atomic mass is 16.2. The summed E-state index contributed by atoms with van der Waals surface area (Å²) >= 11 is 0. The number of benzene rings is 2. The minimum Gasteiger partial charge on any atom is -0.366 e. The molecule has 0 saturated heterocycles. The van der Waals surface area contributed by atoms with Crippen LogP contribution in [0.3, 0.4) is 0 Å². The maximum absolute atomic E-state index is 12.9. The van der Waals surface area contributed by atoms with Crippen molar-refractivity contribution in [3.63, 3.8) is 0 Å². The van der Waals surface area contributed by atoms with Crippen LogP contribution in [0.1, 0.15) is 47.3 Å². The zero-order chi connectivity index (χ0) is 31.7. The highest BCUT2D eigenvalue weighted by molar-refractivity contribution is 6.04. The average Bonchev–Trinajstić information content (AvgIpc) is 3.82. The smallest absolute Gasteiger partial charge is 0.274 e.